The van der Waals surface area contributed by atoms with E-state index in [1.165, 1.54) is 6.42 Å². The summed E-state index contributed by atoms with van der Waals surface area (Å²) in [6.07, 6.45) is 2.30. The molecule has 0 aliphatic rings. The lowest BCUT2D eigenvalue weighted by molar-refractivity contribution is 0.475. The van der Waals surface area contributed by atoms with Crippen molar-refractivity contribution in [2.75, 3.05) is 11.1 Å². The maximum absolute atomic E-state index is 5.72. The fourth-order valence-electron chi connectivity index (χ4n) is 2.05. The standard InChI is InChI=1S/C14H21N3O/c1-4-9(2)7-10(3)16-14-17-12-8-11(15)5-6-13(12)18-14/h5-6,8-10H,4,7,15H2,1-3H3,(H,16,17). The van der Waals surface area contributed by atoms with Gasteiger partial charge in [-0.05, 0) is 37.5 Å². The lowest BCUT2D eigenvalue weighted by Crippen LogP contribution is -2.18. The summed E-state index contributed by atoms with van der Waals surface area (Å²) >= 11 is 0. The molecule has 0 radical (unpaired) electrons. The third kappa shape index (κ3) is 2.94. The minimum Gasteiger partial charge on any atom is -0.424 e. The molecule has 2 aromatic rings. The number of rotatable bonds is 5. The zero-order valence-electron chi connectivity index (χ0n) is 11.2. The van der Waals surface area contributed by atoms with Gasteiger partial charge in [0.1, 0.15) is 5.52 Å². The highest BCUT2D eigenvalue weighted by Gasteiger charge is 2.11. The highest BCUT2D eigenvalue weighted by Crippen LogP contribution is 2.22. The molecule has 1 aromatic heterocycles. The van der Waals surface area contributed by atoms with Gasteiger partial charge in [-0.2, -0.15) is 4.98 Å². The Morgan fingerprint density at radius 3 is 2.89 bits per heavy atom. The van der Waals surface area contributed by atoms with Crippen molar-refractivity contribution in [3.05, 3.63) is 18.2 Å². The minimum atomic E-state index is 0.352. The minimum absolute atomic E-state index is 0.352. The SMILES string of the molecule is CCC(C)CC(C)Nc1nc2cc(N)ccc2o1. The van der Waals surface area contributed by atoms with Gasteiger partial charge in [-0.3, -0.25) is 0 Å². The lowest BCUT2D eigenvalue weighted by atomic mass is 10.0. The van der Waals surface area contributed by atoms with E-state index in [4.69, 9.17) is 10.2 Å². The van der Waals surface area contributed by atoms with Crippen LogP contribution in [0.2, 0.25) is 0 Å². The molecule has 0 saturated heterocycles. The van der Waals surface area contributed by atoms with E-state index >= 15 is 0 Å². The first-order chi connectivity index (χ1) is 8.58. The number of nitrogen functional groups attached to an aromatic ring is 1. The number of anilines is 2. The maximum atomic E-state index is 5.72. The van der Waals surface area contributed by atoms with E-state index in [-0.39, 0.29) is 0 Å². The molecule has 4 nitrogen and oxygen atoms in total. The first-order valence-electron chi connectivity index (χ1n) is 6.51. The topological polar surface area (TPSA) is 64.1 Å². The Morgan fingerprint density at radius 1 is 1.39 bits per heavy atom. The molecule has 0 fully saturated rings. The second-order valence-electron chi connectivity index (χ2n) is 5.04. The summed E-state index contributed by atoms with van der Waals surface area (Å²) in [4.78, 5) is 4.39. The highest BCUT2D eigenvalue weighted by atomic mass is 16.4. The van der Waals surface area contributed by atoms with Crippen molar-refractivity contribution < 1.29 is 4.42 Å². The fraction of sp³-hybridized carbons (Fsp3) is 0.500. The summed E-state index contributed by atoms with van der Waals surface area (Å²) in [6, 6.07) is 6.42. The number of nitrogens with zero attached hydrogens (tertiary/aromatic N) is 1. The molecule has 3 N–H and O–H groups in total. The quantitative estimate of drug-likeness (QED) is 0.792. The van der Waals surface area contributed by atoms with Crippen LogP contribution in [0.15, 0.2) is 22.6 Å². The maximum Gasteiger partial charge on any atom is 0.295 e. The van der Waals surface area contributed by atoms with E-state index in [2.05, 4.69) is 31.1 Å². The van der Waals surface area contributed by atoms with Crippen molar-refractivity contribution in [2.24, 2.45) is 5.92 Å². The molecule has 0 saturated carbocycles. The van der Waals surface area contributed by atoms with Gasteiger partial charge in [-0.25, -0.2) is 0 Å². The monoisotopic (exact) mass is 247 g/mol. The van der Waals surface area contributed by atoms with E-state index in [0.717, 1.165) is 17.5 Å². The van der Waals surface area contributed by atoms with Crippen LogP contribution in [0, 0.1) is 5.92 Å². The molecular weight excluding hydrogens is 226 g/mol. The normalized spacial score (nSPS) is 14.6. The van der Waals surface area contributed by atoms with Gasteiger partial charge < -0.3 is 15.5 Å². The van der Waals surface area contributed by atoms with E-state index < -0.39 is 0 Å². The zero-order valence-corrected chi connectivity index (χ0v) is 11.2. The van der Waals surface area contributed by atoms with E-state index in [1.54, 1.807) is 0 Å². The van der Waals surface area contributed by atoms with Crippen LogP contribution < -0.4 is 11.1 Å². The third-order valence-corrected chi connectivity index (χ3v) is 3.23. The molecule has 0 amide bonds. The smallest absolute Gasteiger partial charge is 0.295 e. The van der Waals surface area contributed by atoms with Gasteiger partial charge in [-0.1, -0.05) is 20.3 Å². The predicted molar refractivity (Wildman–Crippen MR) is 75.6 cm³/mol. The van der Waals surface area contributed by atoms with Crippen molar-refractivity contribution in [2.45, 2.75) is 39.7 Å². The molecule has 2 unspecified atom stereocenters. The van der Waals surface area contributed by atoms with Crippen LogP contribution >= 0.6 is 0 Å². The van der Waals surface area contributed by atoms with Gasteiger partial charge in [-0.15, -0.1) is 0 Å². The van der Waals surface area contributed by atoms with Crippen molar-refractivity contribution in [3.8, 4) is 0 Å². The second-order valence-corrected chi connectivity index (χ2v) is 5.04. The Bertz CT molecular complexity index is 521. The van der Waals surface area contributed by atoms with Crippen LogP contribution in [-0.2, 0) is 0 Å². The first-order valence-corrected chi connectivity index (χ1v) is 6.51. The van der Waals surface area contributed by atoms with Gasteiger partial charge >= 0.3 is 0 Å². The summed E-state index contributed by atoms with van der Waals surface area (Å²) in [5.74, 6) is 0.701. The Morgan fingerprint density at radius 2 is 2.17 bits per heavy atom. The highest BCUT2D eigenvalue weighted by molar-refractivity contribution is 5.78. The Hall–Kier alpha value is -1.71. The Kier molecular flexibility index (Phi) is 3.75. The molecule has 1 aromatic carbocycles. The number of nitrogens with one attached hydrogen (secondary N) is 1. The number of oxazole rings is 1. The number of nitrogens with two attached hydrogens (primary N) is 1. The molecule has 0 bridgehead atoms. The van der Waals surface area contributed by atoms with Gasteiger partial charge in [0.25, 0.3) is 6.01 Å². The summed E-state index contributed by atoms with van der Waals surface area (Å²) in [5, 5.41) is 3.30. The van der Waals surface area contributed by atoms with Crippen molar-refractivity contribution >= 4 is 22.8 Å². The molecule has 4 heteroatoms. The largest absolute Gasteiger partial charge is 0.424 e. The summed E-state index contributed by atoms with van der Waals surface area (Å²) < 4.78 is 5.63. The summed E-state index contributed by atoms with van der Waals surface area (Å²) in [6.45, 7) is 6.61. The van der Waals surface area contributed by atoms with Gasteiger partial charge in [0, 0.05) is 11.7 Å². The number of benzene rings is 1. The number of fused-ring (bicyclic) bond motifs is 1. The number of hydrogen-bond acceptors (Lipinski definition) is 4. The van der Waals surface area contributed by atoms with Crippen molar-refractivity contribution in [1.82, 2.24) is 4.98 Å². The van der Waals surface area contributed by atoms with Crippen LogP contribution in [0.1, 0.15) is 33.6 Å². The van der Waals surface area contributed by atoms with E-state index in [1.807, 2.05) is 18.2 Å². The molecule has 18 heavy (non-hydrogen) atoms. The third-order valence-electron chi connectivity index (χ3n) is 3.23. The first kappa shape index (κ1) is 12.7. The average Bonchev–Trinajstić information content (AvgIpc) is 2.69. The molecular formula is C14H21N3O. The fourth-order valence-corrected chi connectivity index (χ4v) is 2.05. The molecule has 0 aliphatic carbocycles. The van der Waals surface area contributed by atoms with Crippen LogP contribution in [0.4, 0.5) is 11.7 Å². The number of hydrogen-bond donors (Lipinski definition) is 2. The Balaban J connectivity index is 2.07. The molecule has 0 spiro atoms. The predicted octanol–water partition coefficient (Wildman–Crippen LogP) is 3.65. The van der Waals surface area contributed by atoms with Crippen LogP contribution in [0.3, 0.4) is 0 Å². The number of aromatic nitrogens is 1. The van der Waals surface area contributed by atoms with Gasteiger partial charge in [0.2, 0.25) is 0 Å². The lowest BCUT2D eigenvalue weighted by Gasteiger charge is -2.15. The summed E-state index contributed by atoms with van der Waals surface area (Å²) in [7, 11) is 0. The van der Waals surface area contributed by atoms with Gasteiger partial charge in [0.05, 0.1) is 0 Å². The van der Waals surface area contributed by atoms with Crippen LogP contribution in [0.5, 0.6) is 0 Å². The molecule has 2 atom stereocenters. The van der Waals surface area contributed by atoms with Crippen molar-refractivity contribution in [3.63, 3.8) is 0 Å². The molecule has 0 aliphatic heterocycles. The van der Waals surface area contributed by atoms with Crippen LogP contribution in [0.25, 0.3) is 11.1 Å². The van der Waals surface area contributed by atoms with E-state index in [0.29, 0.717) is 23.7 Å². The average molecular weight is 247 g/mol. The zero-order chi connectivity index (χ0) is 13.1. The van der Waals surface area contributed by atoms with E-state index in [9.17, 15) is 0 Å². The Labute approximate surface area is 108 Å². The summed E-state index contributed by atoms with van der Waals surface area (Å²) in [5.41, 5.74) is 7.99. The molecule has 1 heterocycles. The molecule has 2 rings (SSSR count). The van der Waals surface area contributed by atoms with Gasteiger partial charge in [0.15, 0.2) is 5.58 Å². The molecule has 98 valence electrons. The van der Waals surface area contributed by atoms with Crippen LogP contribution in [-0.4, -0.2) is 11.0 Å². The van der Waals surface area contributed by atoms with Crippen molar-refractivity contribution in [1.29, 1.82) is 0 Å². The second kappa shape index (κ2) is 5.29.